The molecule has 0 bridgehead atoms. The molecule has 9 heteroatoms. The van der Waals surface area contributed by atoms with E-state index in [2.05, 4.69) is 10.3 Å². The number of imide groups is 1. The molecule has 0 unspecified atom stereocenters. The summed E-state index contributed by atoms with van der Waals surface area (Å²) in [6.07, 6.45) is 4.95. The average Bonchev–Trinajstić information content (AvgIpc) is 3.23. The molecule has 0 radical (unpaired) electrons. The minimum Gasteiger partial charge on any atom is -0.486 e. The fraction of sp³-hybridized carbons (Fsp3) is 0.400. The number of ether oxygens (including phenoxy) is 2. The standard InChI is InChI=1S/C20H19N3O5S/c1-10(23-18(25)11-4-2-3-5-12(11)19(23)26)17(24)22-20-21-13-8-14-15(9-16(13)29-20)28-7-6-27-14/h2-3,8-12H,4-7H2,1H3,(H,21,22,24)/t10-,11-,12-/m0/s1. The molecule has 3 atom stereocenters. The number of nitrogens with zero attached hydrogens (tertiary/aromatic N) is 2. The molecule has 1 N–H and O–H groups in total. The first-order valence-electron chi connectivity index (χ1n) is 9.56. The minimum absolute atomic E-state index is 0.265. The Balaban J connectivity index is 1.35. The molecule has 0 saturated carbocycles. The summed E-state index contributed by atoms with van der Waals surface area (Å²) in [5.74, 6) is -0.382. The fourth-order valence-electron chi connectivity index (χ4n) is 4.05. The molecule has 2 aromatic rings. The van der Waals surface area contributed by atoms with Gasteiger partial charge in [-0.05, 0) is 19.8 Å². The third-order valence-electron chi connectivity index (χ3n) is 5.59. The molecule has 1 fully saturated rings. The predicted octanol–water partition coefficient (Wildman–Crippen LogP) is 2.35. The van der Waals surface area contributed by atoms with Crippen LogP contribution in [-0.4, -0.2) is 46.9 Å². The van der Waals surface area contributed by atoms with Gasteiger partial charge in [0.05, 0.1) is 22.1 Å². The van der Waals surface area contributed by atoms with Gasteiger partial charge in [-0.2, -0.15) is 0 Å². The van der Waals surface area contributed by atoms with Crippen LogP contribution in [-0.2, 0) is 14.4 Å². The van der Waals surface area contributed by atoms with E-state index < -0.39 is 11.9 Å². The van der Waals surface area contributed by atoms with Crippen LogP contribution in [0.4, 0.5) is 5.13 Å². The number of rotatable bonds is 3. The molecule has 3 heterocycles. The van der Waals surface area contributed by atoms with Crippen LogP contribution in [0.15, 0.2) is 24.3 Å². The van der Waals surface area contributed by atoms with Gasteiger partial charge < -0.3 is 14.8 Å². The zero-order valence-electron chi connectivity index (χ0n) is 15.7. The second-order valence-electron chi connectivity index (χ2n) is 7.35. The number of carbonyl (C=O) groups is 3. The largest absolute Gasteiger partial charge is 0.486 e. The van der Waals surface area contributed by atoms with Crippen molar-refractivity contribution in [2.45, 2.75) is 25.8 Å². The van der Waals surface area contributed by atoms with Crippen molar-refractivity contribution in [1.82, 2.24) is 9.88 Å². The van der Waals surface area contributed by atoms with E-state index in [1.165, 1.54) is 11.3 Å². The lowest BCUT2D eigenvalue weighted by Crippen LogP contribution is -2.46. The second-order valence-corrected chi connectivity index (χ2v) is 8.38. The van der Waals surface area contributed by atoms with Gasteiger partial charge in [0.25, 0.3) is 0 Å². The topological polar surface area (TPSA) is 97.8 Å². The van der Waals surface area contributed by atoms with Gasteiger partial charge in [-0.15, -0.1) is 0 Å². The summed E-state index contributed by atoms with van der Waals surface area (Å²) in [6.45, 7) is 2.55. The number of anilines is 1. The Hall–Kier alpha value is -2.94. The maximum absolute atomic E-state index is 12.8. The molecular weight excluding hydrogens is 394 g/mol. The second kappa shape index (κ2) is 6.84. The number of hydrogen-bond acceptors (Lipinski definition) is 7. The van der Waals surface area contributed by atoms with Crippen LogP contribution in [0, 0.1) is 11.8 Å². The number of amides is 3. The van der Waals surface area contributed by atoms with Gasteiger partial charge in [0.2, 0.25) is 17.7 Å². The van der Waals surface area contributed by atoms with Crippen LogP contribution >= 0.6 is 11.3 Å². The normalized spacial score (nSPS) is 24.0. The van der Waals surface area contributed by atoms with Gasteiger partial charge in [-0.3, -0.25) is 19.3 Å². The quantitative estimate of drug-likeness (QED) is 0.613. The van der Waals surface area contributed by atoms with Crippen molar-refractivity contribution < 1.29 is 23.9 Å². The Labute approximate surface area is 170 Å². The van der Waals surface area contributed by atoms with E-state index in [4.69, 9.17) is 9.47 Å². The molecule has 1 saturated heterocycles. The van der Waals surface area contributed by atoms with Crippen LogP contribution in [0.2, 0.25) is 0 Å². The van der Waals surface area contributed by atoms with Crippen molar-refractivity contribution in [3.8, 4) is 11.5 Å². The SMILES string of the molecule is C[C@@H](C(=O)Nc1nc2cc3c(cc2s1)OCCO3)N1C(=O)[C@H]2CC=CC[C@@H]2C1=O. The van der Waals surface area contributed by atoms with Crippen LogP contribution in [0.5, 0.6) is 11.5 Å². The van der Waals surface area contributed by atoms with Crippen molar-refractivity contribution in [3.05, 3.63) is 24.3 Å². The highest BCUT2D eigenvalue weighted by atomic mass is 32.1. The molecule has 1 aliphatic carbocycles. The fourth-order valence-corrected chi connectivity index (χ4v) is 4.93. The highest BCUT2D eigenvalue weighted by molar-refractivity contribution is 7.22. The highest BCUT2D eigenvalue weighted by Crippen LogP contribution is 2.39. The van der Waals surface area contributed by atoms with Crippen LogP contribution < -0.4 is 14.8 Å². The van der Waals surface area contributed by atoms with Crippen molar-refractivity contribution in [1.29, 1.82) is 0 Å². The zero-order chi connectivity index (χ0) is 20.1. The van der Waals surface area contributed by atoms with E-state index in [-0.39, 0.29) is 23.7 Å². The first-order valence-corrected chi connectivity index (χ1v) is 10.4. The number of thiazole rings is 1. The lowest BCUT2D eigenvalue weighted by molar-refractivity contribution is -0.146. The van der Waals surface area contributed by atoms with E-state index in [1.54, 1.807) is 13.0 Å². The molecule has 29 heavy (non-hydrogen) atoms. The molecule has 3 aliphatic rings. The van der Waals surface area contributed by atoms with Crippen molar-refractivity contribution in [3.63, 3.8) is 0 Å². The zero-order valence-corrected chi connectivity index (χ0v) is 16.5. The molecule has 150 valence electrons. The van der Waals surface area contributed by atoms with Crippen molar-refractivity contribution >= 4 is 44.4 Å². The summed E-state index contributed by atoms with van der Waals surface area (Å²) < 4.78 is 12.0. The Morgan fingerprint density at radius 2 is 1.76 bits per heavy atom. The van der Waals surface area contributed by atoms with E-state index in [9.17, 15) is 14.4 Å². The Bertz CT molecular complexity index is 993. The molecule has 5 rings (SSSR count). The van der Waals surface area contributed by atoms with Gasteiger partial charge in [-0.25, -0.2) is 4.98 Å². The third-order valence-corrected chi connectivity index (χ3v) is 6.52. The number of allylic oxidation sites excluding steroid dienone is 2. The predicted molar refractivity (Wildman–Crippen MR) is 106 cm³/mol. The van der Waals surface area contributed by atoms with Gasteiger partial charge >= 0.3 is 0 Å². The Morgan fingerprint density at radius 1 is 1.14 bits per heavy atom. The molecule has 2 aliphatic heterocycles. The van der Waals surface area contributed by atoms with Crippen LogP contribution in [0.25, 0.3) is 10.2 Å². The summed E-state index contributed by atoms with van der Waals surface area (Å²) in [7, 11) is 0. The number of carbonyl (C=O) groups excluding carboxylic acids is 3. The van der Waals surface area contributed by atoms with Gasteiger partial charge in [0, 0.05) is 12.1 Å². The number of aromatic nitrogens is 1. The molecule has 3 amide bonds. The lowest BCUT2D eigenvalue weighted by atomic mass is 9.85. The van der Waals surface area contributed by atoms with E-state index in [0.29, 0.717) is 48.2 Å². The Kier molecular flexibility index (Phi) is 4.27. The first kappa shape index (κ1) is 18.1. The maximum Gasteiger partial charge on any atom is 0.249 e. The summed E-state index contributed by atoms with van der Waals surface area (Å²) >= 11 is 1.30. The first-order chi connectivity index (χ1) is 14.0. The number of nitrogens with one attached hydrogen (secondary N) is 1. The Morgan fingerprint density at radius 3 is 2.41 bits per heavy atom. The van der Waals surface area contributed by atoms with E-state index >= 15 is 0 Å². The third kappa shape index (κ3) is 2.96. The van der Waals surface area contributed by atoms with Crippen LogP contribution in [0.3, 0.4) is 0 Å². The van der Waals surface area contributed by atoms with E-state index in [0.717, 1.165) is 9.60 Å². The lowest BCUT2D eigenvalue weighted by Gasteiger charge is -2.21. The number of hydrogen-bond donors (Lipinski definition) is 1. The molecule has 0 spiro atoms. The minimum atomic E-state index is -0.896. The molecular formula is C20H19N3O5S. The smallest absolute Gasteiger partial charge is 0.249 e. The summed E-state index contributed by atoms with van der Waals surface area (Å²) in [5.41, 5.74) is 0.688. The van der Waals surface area contributed by atoms with Crippen LogP contribution in [0.1, 0.15) is 19.8 Å². The van der Waals surface area contributed by atoms with Crippen molar-refractivity contribution in [2.75, 3.05) is 18.5 Å². The molecule has 1 aromatic carbocycles. The summed E-state index contributed by atoms with van der Waals surface area (Å²) in [4.78, 5) is 43.7. The average molecular weight is 413 g/mol. The summed E-state index contributed by atoms with van der Waals surface area (Å²) in [6, 6.07) is 2.73. The monoisotopic (exact) mass is 413 g/mol. The van der Waals surface area contributed by atoms with E-state index in [1.807, 2.05) is 18.2 Å². The van der Waals surface area contributed by atoms with Gasteiger partial charge in [0.1, 0.15) is 19.3 Å². The summed E-state index contributed by atoms with van der Waals surface area (Å²) in [5, 5.41) is 3.15. The highest BCUT2D eigenvalue weighted by Gasteiger charge is 2.50. The number of benzene rings is 1. The number of fused-ring (bicyclic) bond motifs is 3. The van der Waals surface area contributed by atoms with Gasteiger partial charge in [0.15, 0.2) is 16.6 Å². The maximum atomic E-state index is 12.8. The van der Waals surface area contributed by atoms with Crippen molar-refractivity contribution in [2.24, 2.45) is 11.8 Å². The molecule has 8 nitrogen and oxygen atoms in total. The van der Waals surface area contributed by atoms with Gasteiger partial charge in [-0.1, -0.05) is 23.5 Å². The molecule has 1 aromatic heterocycles. The number of likely N-dealkylation sites (tertiary alicyclic amines) is 1.